The number of benzene rings is 1. The van der Waals surface area contributed by atoms with E-state index in [4.69, 9.17) is 0 Å². The minimum absolute atomic E-state index is 0.0338. The van der Waals surface area contributed by atoms with E-state index in [-0.39, 0.29) is 29.2 Å². The number of anilines is 1. The Balaban J connectivity index is 1.74. The highest BCUT2D eigenvalue weighted by molar-refractivity contribution is 5.99. The summed E-state index contributed by atoms with van der Waals surface area (Å²) in [4.78, 5) is 36.6. The van der Waals surface area contributed by atoms with Crippen molar-refractivity contribution in [2.75, 3.05) is 5.32 Å². The van der Waals surface area contributed by atoms with Crippen molar-refractivity contribution in [1.29, 1.82) is 0 Å². The van der Waals surface area contributed by atoms with Gasteiger partial charge in [0.2, 0.25) is 5.91 Å². The van der Waals surface area contributed by atoms with Gasteiger partial charge in [-0.3, -0.25) is 14.4 Å². The number of fused-ring (bicyclic) bond motifs is 2. The molecule has 6 nitrogen and oxygen atoms in total. The van der Waals surface area contributed by atoms with Gasteiger partial charge in [-0.25, -0.2) is 0 Å². The molecule has 2 amide bonds. The molecule has 138 valence electrons. The van der Waals surface area contributed by atoms with Gasteiger partial charge in [0.25, 0.3) is 5.91 Å². The van der Waals surface area contributed by atoms with Crippen LogP contribution in [0.2, 0.25) is 0 Å². The Kier molecular flexibility index (Phi) is 4.61. The van der Waals surface area contributed by atoms with Crippen LogP contribution in [0, 0.1) is 23.7 Å². The zero-order valence-corrected chi connectivity index (χ0v) is 15.2. The predicted octanol–water partition coefficient (Wildman–Crippen LogP) is 2.68. The highest BCUT2D eigenvalue weighted by Crippen LogP contribution is 2.48. The molecule has 0 heterocycles. The molecule has 0 unspecified atom stereocenters. The molecular weight excluding hydrogens is 332 g/mol. The number of carbonyl (C=O) groups excluding carboxylic acids is 2. The average molecular weight is 356 g/mol. The topological polar surface area (TPSA) is 95.5 Å². The highest BCUT2D eigenvalue weighted by atomic mass is 16.4. The van der Waals surface area contributed by atoms with Gasteiger partial charge in [0.05, 0.1) is 11.8 Å². The Morgan fingerprint density at radius 2 is 1.73 bits per heavy atom. The number of nitrogens with one attached hydrogen (secondary N) is 2. The number of aliphatic carboxylic acids is 1. The number of rotatable bonds is 4. The van der Waals surface area contributed by atoms with Gasteiger partial charge >= 0.3 is 5.97 Å². The summed E-state index contributed by atoms with van der Waals surface area (Å²) in [6.45, 7) is 5.68. The first kappa shape index (κ1) is 18.2. The van der Waals surface area contributed by atoms with Crippen LogP contribution in [0.3, 0.4) is 0 Å². The largest absolute Gasteiger partial charge is 0.481 e. The van der Waals surface area contributed by atoms with Crippen LogP contribution >= 0.6 is 0 Å². The smallest absolute Gasteiger partial charge is 0.307 e. The SMILES string of the molecule is CC(C)(C)NC(=O)c1cccc(NC(=O)[C@@H]2[C@H](C(=O)O)[C@H]3C=C[C@H]2C3)c1. The lowest BCUT2D eigenvalue weighted by Gasteiger charge is -2.24. The third-order valence-corrected chi connectivity index (χ3v) is 4.93. The maximum absolute atomic E-state index is 12.7. The van der Waals surface area contributed by atoms with Gasteiger partial charge in [-0.2, -0.15) is 0 Å². The van der Waals surface area contributed by atoms with E-state index in [2.05, 4.69) is 10.6 Å². The lowest BCUT2D eigenvalue weighted by atomic mass is 9.82. The average Bonchev–Trinajstić information content (AvgIpc) is 3.14. The van der Waals surface area contributed by atoms with E-state index in [0.717, 1.165) is 0 Å². The van der Waals surface area contributed by atoms with Gasteiger partial charge in [-0.05, 0) is 57.2 Å². The van der Waals surface area contributed by atoms with Crippen LogP contribution in [-0.2, 0) is 9.59 Å². The van der Waals surface area contributed by atoms with Gasteiger partial charge in [-0.1, -0.05) is 18.2 Å². The first-order valence-electron chi connectivity index (χ1n) is 8.80. The Labute approximate surface area is 152 Å². The minimum atomic E-state index is -0.930. The highest BCUT2D eigenvalue weighted by Gasteiger charge is 2.51. The predicted molar refractivity (Wildman–Crippen MR) is 97.6 cm³/mol. The molecule has 1 aromatic rings. The van der Waals surface area contributed by atoms with E-state index in [9.17, 15) is 19.5 Å². The lowest BCUT2D eigenvalue weighted by molar-refractivity contribution is -0.146. The van der Waals surface area contributed by atoms with E-state index in [1.807, 2.05) is 32.9 Å². The number of carboxylic acid groups (broad SMARTS) is 1. The molecule has 0 aromatic heterocycles. The van der Waals surface area contributed by atoms with E-state index in [1.165, 1.54) is 0 Å². The molecular formula is C20H24N2O4. The molecule has 0 aliphatic heterocycles. The van der Waals surface area contributed by atoms with Gasteiger partial charge in [-0.15, -0.1) is 0 Å². The van der Waals surface area contributed by atoms with Crippen molar-refractivity contribution in [2.45, 2.75) is 32.7 Å². The van der Waals surface area contributed by atoms with Gasteiger partial charge < -0.3 is 15.7 Å². The van der Waals surface area contributed by atoms with Gasteiger partial charge in [0.15, 0.2) is 0 Å². The molecule has 0 radical (unpaired) electrons. The first-order valence-corrected chi connectivity index (χ1v) is 8.80. The fraction of sp³-hybridized carbons (Fsp3) is 0.450. The van der Waals surface area contributed by atoms with Crippen molar-refractivity contribution in [3.63, 3.8) is 0 Å². The molecule has 4 atom stereocenters. The van der Waals surface area contributed by atoms with Gasteiger partial charge in [0.1, 0.15) is 0 Å². The second-order valence-electron chi connectivity index (χ2n) is 8.11. The van der Waals surface area contributed by atoms with Crippen LogP contribution in [0.15, 0.2) is 36.4 Å². The molecule has 1 saturated carbocycles. The zero-order chi connectivity index (χ0) is 19.1. The summed E-state index contributed by atoms with van der Waals surface area (Å²) in [7, 11) is 0. The summed E-state index contributed by atoms with van der Waals surface area (Å²) in [5, 5.41) is 15.2. The van der Waals surface area contributed by atoms with Crippen LogP contribution in [-0.4, -0.2) is 28.4 Å². The first-order chi connectivity index (χ1) is 12.2. The molecule has 2 aliphatic rings. The Hall–Kier alpha value is -2.63. The maximum atomic E-state index is 12.7. The van der Waals surface area contributed by atoms with Crippen LogP contribution in [0.4, 0.5) is 5.69 Å². The van der Waals surface area contributed by atoms with Crippen molar-refractivity contribution >= 4 is 23.5 Å². The third kappa shape index (κ3) is 3.64. The molecule has 2 aliphatic carbocycles. The van der Waals surface area contributed by atoms with Crippen molar-refractivity contribution < 1.29 is 19.5 Å². The van der Waals surface area contributed by atoms with Crippen LogP contribution in [0.5, 0.6) is 0 Å². The normalized spacial score (nSPS) is 26.6. The molecule has 0 spiro atoms. The van der Waals surface area contributed by atoms with Crippen LogP contribution in [0.1, 0.15) is 37.6 Å². The van der Waals surface area contributed by atoms with Crippen LogP contribution < -0.4 is 10.6 Å². The Morgan fingerprint density at radius 1 is 1.08 bits per heavy atom. The number of hydrogen-bond acceptors (Lipinski definition) is 3. The third-order valence-electron chi connectivity index (χ3n) is 4.93. The summed E-state index contributed by atoms with van der Waals surface area (Å²) in [6.07, 6.45) is 4.56. The van der Waals surface area contributed by atoms with Crippen molar-refractivity contribution in [3.05, 3.63) is 42.0 Å². The molecule has 1 aromatic carbocycles. The number of amides is 2. The monoisotopic (exact) mass is 356 g/mol. The zero-order valence-electron chi connectivity index (χ0n) is 15.2. The molecule has 3 rings (SSSR count). The lowest BCUT2D eigenvalue weighted by Crippen LogP contribution is -2.40. The van der Waals surface area contributed by atoms with Gasteiger partial charge in [0, 0.05) is 16.8 Å². The van der Waals surface area contributed by atoms with E-state index < -0.39 is 17.8 Å². The molecule has 26 heavy (non-hydrogen) atoms. The van der Waals surface area contributed by atoms with Crippen LogP contribution in [0.25, 0.3) is 0 Å². The molecule has 6 heteroatoms. The number of hydrogen-bond donors (Lipinski definition) is 3. The summed E-state index contributed by atoms with van der Waals surface area (Å²) >= 11 is 0. The molecule has 2 bridgehead atoms. The van der Waals surface area contributed by atoms with E-state index in [1.54, 1.807) is 24.3 Å². The fourth-order valence-electron chi connectivity index (χ4n) is 3.89. The second kappa shape index (κ2) is 6.59. The molecule has 3 N–H and O–H groups in total. The summed E-state index contributed by atoms with van der Waals surface area (Å²) in [5.74, 6) is -2.82. The Morgan fingerprint density at radius 3 is 2.35 bits per heavy atom. The second-order valence-corrected chi connectivity index (χ2v) is 8.11. The van der Waals surface area contributed by atoms with Crippen molar-refractivity contribution in [2.24, 2.45) is 23.7 Å². The van der Waals surface area contributed by atoms with E-state index >= 15 is 0 Å². The quantitative estimate of drug-likeness (QED) is 0.723. The van der Waals surface area contributed by atoms with E-state index in [0.29, 0.717) is 17.7 Å². The summed E-state index contributed by atoms with van der Waals surface area (Å²) < 4.78 is 0. The number of carbonyl (C=O) groups is 3. The molecule has 0 saturated heterocycles. The summed E-state index contributed by atoms with van der Waals surface area (Å²) in [6, 6.07) is 6.68. The number of carboxylic acids is 1. The Bertz CT molecular complexity index is 778. The van der Waals surface area contributed by atoms with Crippen molar-refractivity contribution in [1.82, 2.24) is 5.32 Å². The fourth-order valence-corrected chi connectivity index (χ4v) is 3.89. The van der Waals surface area contributed by atoms with Crippen molar-refractivity contribution in [3.8, 4) is 0 Å². The number of allylic oxidation sites excluding steroid dienone is 2. The molecule has 1 fully saturated rings. The summed E-state index contributed by atoms with van der Waals surface area (Å²) in [5.41, 5.74) is 0.577. The minimum Gasteiger partial charge on any atom is -0.481 e. The maximum Gasteiger partial charge on any atom is 0.307 e. The standard InChI is InChI=1S/C20H24N2O4/c1-20(2,3)22-17(23)13-5-4-6-14(10-13)21-18(24)15-11-7-8-12(9-11)16(15)19(25)26/h4-8,10-12,15-16H,9H2,1-3H3,(H,21,24)(H,22,23)(H,25,26)/t11-,12-,15-,16+/m0/s1.